The number of nitrogens with one attached hydrogen (secondary N) is 1. The average molecular weight is 420 g/mol. The molecule has 0 aliphatic carbocycles. The summed E-state index contributed by atoms with van der Waals surface area (Å²) < 4.78 is 36.0. The van der Waals surface area contributed by atoms with E-state index in [1.807, 2.05) is 6.07 Å². The van der Waals surface area contributed by atoms with Crippen molar-refractivity contribution in [3.63, 3.8) is 0 Å². The summed E-state index contributed by atoms with van der Waals surface area (Å²) in [7, 11) is -0.603. The third-order valence-corrected chi connectivity index (χ3v) is 5.30. The number of nitrogens with zero attached hydrogens (tertiary/aromatic N) is 2. The first-order valence-corrected chi connectivity index (χ1v) is 10.6. The number of aryl methyl sites for hydroxylation is 2. The molecule has 2 rings (SSSR count). The zero-order chi connectivity index (χ0) is 21.6. The van der Waals surface area contributed by atoms with Gasteiger partial charge < -0.3 is 9.47 Å². The van der Waals surface area contributed by atoms with Gasteiger partial charge in [0.25, 0.3) is 5.91 Å². The normalized spacial score (nSPS) is 11.3. The first-order valence-electron chi connectivity index (χ1n) is 8.75. The Balaban J connectivity index is 2.15. The minimum atomic E-state index is -3.66. The maximum atomic E-state index is 12.3. The molecule has 29 heavy (non-hydrogen) atoms. The van der Waals surface area contributed by atoms with E-state index in [1.54, 1.807) is 44.2 Å². The number of para-hydroxylation sites is 1. The van der Waals surface area contributed by atoms with Gasteiger partial charge in [-0.25, -0.2) is 13.8 Å². The van der Waals surface area contributed by atoms with Crippen molar-refractivity contribution < 1.29 is 22.7 Å². The summed E-state index contributed by atoms with van der Waals surface area (Å²) in [6.45, 7) is 3.22. The van der Waals surface area contributed by atoms with Crippen LogP contribution in [0.4, 0.5) is 5.69 Å². The van der Waals surface area contributed by atoms with Crippen LogP contribution in [0.1, 0.15) is 16.7 Å². The number of rotatable bonds is 8. The molecule has 0 atom stereocenters. The molecule has 2 aromatic rings. The van der Waals surface area contributed by atoms with Crippen molar-refractivity contribution in [3.05, 3.63) is 53.1 Å². The molecule has 0 fully saturated rings. The maximum Gasteiger partial charge on any atom is 0.260 e. The molecule has 0 bridgehead atoms. The number of benzene rings is 2. The summed E-state index contributed by atoms with van der Waals surface area (Å²) in [5.74, 6) is 0.543. The van der Waals surface area contributed by atoms with E-state index in [1.165, 1.54) is 20.4 Å². The van der Waals surface area contributed by atoms with Crippen LogP contribution < -0.4 is 19.2 Å². The number of hydrogen-bond donors (Lipinski definition) is 1. The molecular weight excluding hydrogens is 394 g/mol. The lowest BCUT2D eigenvalue weighted by Gasteiger charge is -2.25. The number of hydrazone groups is 1. The fraction of sp³-hybridized carbons (Fsp3) is 0.300. The van der Waals surface area contributed by atoms with Gasteiger partial charge in [0.15, 0.2) is 11.5 Å². The van der Waals surface area contributed by atoms with Gasteiger partial charge in [0.1, 0.15) is 6.54 Å². The summed E-state index contributed by atoms with van der Waals surface area (Å²) in [6, 6.07) is 10.6. The highest BCUT2D eigenvalue weighted by Crippen LogP contribution is 2.27. The molecule has 0 aromatic heterocycles. The molecule has 1 N–H and O–H groups in total. The molecule has 0 saturated heterocycles. The second kappa shape index (κ2) is 9.42. The molecule has 1 amide bonds. The van der Waals surface area contributed by atoms with Crippen LogP contribution >= 0.6 is 0 Å². The third kappa shape index (κ3) is 5.71. The Morgan fingerprint density at radius 1 is 1.10 bits per heavy atom. The molecule has 0 aliphatic rings. The summed E-state index contributed by atoms with van der Waals surface area (Å²) in [5.41, 5.74) is 5.06. The van der Waals surface area contributed by atoms with Crippen LogP contribution in [0.15, 0.2) is 41.5 Å². The number of amides is 1. The third-order valence-electron chi connectivity index (χ3n) is 4.19. The fourth-order valence-electron chi connectivity index (χ4n) is 2.84. The summed E-state index contributed by atoms with van der Waals surface area (Å²) in [6.07, 6.45) is 2.50. The molecule has 2 aromatic carbocycles. The monoisotopic (exact) mass is 419 g/mol. The lowest BCUT2D eigenvalue weighted by atomic mass is 10.1. The second-order valence-electron chi connectivity index (χ2n) is 6.42. The van der Waals surface area contributed by atoms with Crippen LogP contribution in [0.2, 0.25) is 0 Å². The number of sulfonamides is 1. The maximum absolute atomic E-state index is 12.3. The predicted octanol–water partition coefficient (Wildman–Crippen LogP) is 2.24. The van der Waals surface area contributed by atoms with Crippen molar-refractivity contribution in [2.75, 3.05) is 31.3 Å². The molecule has 0 radical (unpaired) electrons. The second-order valence-corrected chi connectivity index (χ2v) is 8.32. The Morgan fingerprint density at radius 2 is 1.72 bits per heavy atom. The smallest absolute Gasteiger partial charge is 0.260 e. The van der Waals surface area contributed by atoms with Crippen molar-refractivity contribution in [1.29, 1.82) is 0 Å². The van der Waals surface area contributed by atoms with Gasteiger partial charge in [-0.05, 0) is 48.7 Å². The number of carbonyl (C=O) groups excluding carboxylic acids is 1. The lowest BCUT2D eigenvalue weighted by molar-refractivity contribution is -0.119. The first-order chi connectivity index (χ1) is 13.7. The highest BCUT2D eigenvalue weighted by molar-refractivity contribution is 7.92. The Morgan fingerprint density at radius 3 is 2.28 bits per heavy atom. The van der Waals surface area contributed by atoms with E-state index in [-0.39, 0.29) is 6.54 Å². The Kier molecular flexibility index (Phi) is 7.22. The van der Waals surface area contributed by atoms with Crippen LogP contribution in [0.3, 0.4) is 0 Å². The molecule has 0 saturated carbocycles. The number of hydrogen-bond acceptors (Lipinski definition) is 6. The molecule has 0 aliphatic heterocycles. The van der Waals surface area contributed by atoms with Crippen molar-refractivity contribution in [1.82, 2.24) is 5.43 Å². The Labute approximate surface area is 171 Å². The zero-order valence-corrected chi connectivity index (χ0v) is 17.9. The van der Waals surface area contributed by atoms with Gasteiger partial charge in [-0.15, -0.1) is 0 Å². The highest BCUT2D eigenvalue weighted by atomic mass is 32.2. The Bertz CT molecular complexity index is 999. The van der Waals surface area contributed by atoms with Crippen LogP contribution in [0.25, 0.3) is 0 Å². The number of methoxy groups -OCH3 is 2. The van der Waals surface area contributed by atoms with Gasteiger partial charge in [-0.1, -0.05) is 18.2 Å². The largest absolute Gasteiger partial charge is 0.493 e. The van der Waals surface area contributed by atoms with Crippen molar-refractivity contribution in [3.8, 4) is 11.5 Å². The lowest BCUT2D eigenvalue weighted by Crippen LogP contribution is -2.39. The SMILES string of the molecule is COc1ccc(/C=N\NC(=O)CN(c2c(C)cccc2C)S(C)(=O)=O)cc1OC. The quantitative estimate of drug-likeness (QED) is 0.523. The first kappa shape index (κ1) is 22.2. The van der Waals surface area contributed by atoms with Crippen LogP contribution in [-0.4, -0.2) is 47.6 Å². The van der Waals surface area contributed by atoms with Gasteiger partial charge in [-0.2, -0.15) is 5.10 Å². The topological polar surface area (TPSA) is 97.3 Å². The van der Waals surface area contributed by atoms with Gasteiger partial charge >= 0.3 is 0 Å². The Hall–Kier alpha value is -3.07. The van der Waals surface area contributed by atoms with E-state index in [9.17, 15) is 13.2 Å². The molecular formula is C20H25N3O5S. The van der Waals surface area contributed by atoms with Gasteiger partial charge in [0.2, 0.25) is 10.0 Å². The van der Waals surface area contributed by atoms with Gasteiger partial charge in [0, 0.05) is 0 Å². The van der Waals surface area contributed by atoms with Crippen molar-refractivity contribution in [2.24, 2.45) is 5.10 Å². The van der Waals surface area contributed by atoms with E-state index >= 15 is 0 Å². The minimum Gasteiger partial charge on any atom is -0.493 e. The van der Waals surface area contributed by atoms with E-state index in [0.29, 0.717) is 22.7 Å². The minimum absolute atomic E-state index is 0.381. The van der Waals surface area contributed by atoms with E-state index in [0.717, 1.165) is 21.7 Å². The molecule has 8 nitrogen and oxygen atoms in total. The molecule has 0 unspecified atom stereocenters. The van der Waals surface area contributed by atoms with Crippen LogP contribution in [-0.2, 0) is 14.8 Å². The molecule has 9 heteroatoms. The average Bonchev–Trinajstić information content (AvgIpc) is 2.66. The van der Waals surface area contributed by atoms with Gasteiger partial charge in [0.05, 0.1) is 32.4 Å². The number of ether oxygens (including phenoxy) is 2. The summed E-state index contributed by atoms with van der Waals surface area (Å²) >= 11 is 0. The molecule has 0 heterocycles. The van der Waals surface area contributed by atoms with Crippen LogP contribution in [0.5, 0.6) is 11.5 Å². The van der Waals surface area contributed by atoms with E-state index in [4.69, 9.17) is 9.47 Å². The number of carbonyl (C=O) groups is 1. The standard InChI is InChI=1S/C20H25N3O5S/c1-14-7-6-8-15(2)20(14)23(29(5,25)26)13-19(24)22-21-12-16-9-10-17(27-3)18(11-16)28-4/h6-12H,13H2,1-5H3,(H,22,24)/b21-12-. The highest BCUT2D eigenvalue weighted by Gasteiger charge is 2.23. The zero-order valence-electron chi connectivity index (χ0n) is 17.1. The van der Waals surface area contributed by atoms with E-state index in [2.05, 4.69) is 10.5 Å². The van der Waals surface area contributed by atoms with Gasteiger partial charge in [-0.3, -0.25) is 9.10 Å². The molecule has 0 spiro atoms. The fourth-order valence-corrected chi connectivity index (χ4v) is 3.81. The number of anilines is 1. The van der Waals surface area contributed by atoms with Crippen molar-refractivity contribution >= 4 is 27.8 Å². The summed E-state index contributed by atoms with van der Waals surface area (Å²) in [5, 5.41) is 3.90. The predicted molar refractivity (Wildman–Crippen MR) is 113 cm³/mol. The van der Waals surface area contributed by atoms with E-state index < -0.39 is 15.9 Å². The van der Waals surface area contributed by atoms with Crippen molar-refractivity contribution in [2.45, 2.75) is 13.8 Å². The molecule has 156 valence electrons. The summed E-state index contributed by atoms with van der Waals surface area (Å²) in [4.78, 5) is 12.3. The van der Waals surface area contributed by atoms with Crippen LogP contribution in [0, 0.1) is 13.8 Å².